The normalized spacial score (nSPS) is 10.7. The second-order valence-electron chi connectivity index (χ2n) is 3.58. The molecule has 0 heterocycles. The standard InChI is InChI=1S/C13H13Br/c1-2-3-10-4-5-12-9-13(14)7-6-11(12)8-10/h4-9H,2-3H2,1H3. The lowest BCUT2D eigenvalue weighted by atomic mass is 10.0. The summed E-state index contributed by atoms with van der Waals surface area (Å²) in [4.78, 5) is 0. The summed E-state index contributed by atoms with van der Waals surface area (Å²) in [6.07, 6.45) is 2.38. The highest BCUT2D eigenvalue weighted by atomic mass is 79.9. The van der Waals surface area contributed by atoms with E-state index in [0.29, 0.717) is 0 Å². The van der Waals surface area contributed by atoms with Crippen molar-refractivity contribution in [1.29, 1.82) is 0 Å². The number of benzene rings is 2. The summed E-state index contributed by atoms with van der Waals surface area (Å²) < 4.78 is 1.15. The van der Waals surface area contributed by atoms with Gasteiger partial charge in [-0.05, 0) is 34.9 Å². The zero-order valence-corrected chi connectivity index (χ0v) is 9.84. The topological polar surface area (TPSA) is 0 Å². The summed E-state index contributed by atoms with van der Waals surface area (Å²) in [5, 5.41) is 2.64. The van der Waals surface area contributed by atoms with Gasteiger partial charge in [0, 0.05) is 4.47 Å². The van der Waals surface area contributed by atoms with Gasteiger partial charge in [-0.3, -0.25) is 0 Å². The first-order valence-electron chi connectivity index (χ1n) is 4.98. The maximum atomic E-state index is 3.48. The lowest BCUT2D eigenvalue weighted by molar-refractivity contribution is 0.924. The van der Waals surface area contributed by atoms with Crippen LogP contribution in [0.2, 0.25) is 0 Å². The van der Waals surface area contributed by atoms with E-state index in [-0.39, 0.29) is 0 Å². The fraction of sp³-hybridized carbons (Fsp3) is 0.231. The molecule has 0 saturated heterocycles. The highest BCUT2D eigenvalue weighted by Gasteiger charge is 1.96. The minimum Gasteiger partial charge on any atom is -0.0651 e. The molecule has 2 aromatic rings. The Balaban J connectivity index is 2.50. The van der Waals surface area contributed by atoms with Crippen LogP contribution in [-0.2, 0) is 6.42 Å². The molecule has 0 aliphatic rings. The molecule has 2 rings (SSSR count). The molecule has 72 valence electrons. The zero-order valence-electron chi connectivity index (χ0n) is 8.26. The van der Waals surface area contributed by atoms with E-state index < -0.39 is 0 Å². The predicted octanol–water partition coefficient (Wildman–Crippen LogP) is 4.55. The lowest BCUT2D eigenvalue weighted by Gasteiger charge is -2.02. The molecule has 0 fully saturated rings. The molecule has 14 heavy (non-hydrogen) atoms. The molecule has 0 N–H and O–H groups in total. The molecule has 0 radical (unpaired) electrons. The molecule has 0 unspecified atom stereocenters. The molecule has 1 heteroatoms. The van der Waals surface area contributed by atoms with Gasteiger partial charge in [-0.25, -0.2) is 0 Å². The zero-order chi connectivity index (χ0) is 9.97. The Bertz CT molecular complexity index is 446. The quantitative estimate of drug-likeness (QED) is 0.732. The van der Waals surface area contributed by atoms with Crippen LogP contribution in [0.25, 0.3) is 10.8 Å². The van der Waals surface area contributed by atoms with Crippen molar-refractivity contribution >= 4 is 26.7 Å². The van der Waals surface area contributed by atoms with Gasteiger partial charge in [-0.15, -0.1) is 0 Å². The van der Waals surface area contributed by atoms with Crippen LogP contribution >= 0.6 is 15.9 Å². The van der Waals surface area contributed by atoms with E-state index in [0.717, 1.165) is 4.47 Å². The van der Waals surface area contributed by atoms with Crippen molar-refractivity contribution in [3.63, 3.8) is 0 Å². The van der Waals surface area contributed by atoms with E-state index in [1.807, 2.05) is 0 Å². The third-order valence-corrected chi connectivity index (χ3v) is 2.90. The molecule has 0 nitrogen and oxygen atoms in total. The number of hydrogen-bond acceptors (Lipinski definition) is 0. The molecule has 0 aromatic heterocycles. The largest absolute Gasteiger partial charge is 0.0651 e. The van der Waals surface area contributed by atoms with E-state index in [9.17, 15) is 0 Å². The van der Waals surface area contributed by atoms with Gasteiger partial charge < -0.3 is 0 Å². The van der Waals surface area contributed by atoms with Crippen molar-refractivity contribution in [2.24, 2.45) is 0 Å². The number of rotatable bonds is 2. The lowest BCUT2D eigenvalue weighted by Crippen LogP contribution is -1.82. The Hall–Kier alpha value is -0.820. The molecule has 0 amide bonds. The van der Waals surface area contributed by atoms with Crippen LogP contribution in [0.1, 0.15) is 18.9 Å². The fourth-order valence-electron chi connectivity index (χ4n) is 1.71. The summed E-state index contributed by atoms with van der Waals surface area (Å²) in [6.45, 7) is 2.21. The molecule has 0 atom stereocenters. The van der Waals surface area contributed by atoms with Crippen molar-refractivity contribution in [2.45, 2.75) is 19.8 Å². The van der Waals surface area contributed by atoms with Crippen LogP contribution in [0, 0.1) is 0 Å². The number of fused-ring (bicyclic) bond motifs is 1. The second-order valence-corrected chi connectivity index (χ2v) is 4.49. The number of halogens is 1. The Morgan fingerprint density at radius 3 is 2.50 bits per heavy atom. The SMILES string of the molecule is CCCc1ccc2cc(Br)ccc2c1. The molecular formula is C13H13Br. The smallest absolute Gasteiger partial charge is 0.0181 e. The Morgan fingerprint density at radius 2 is 1.71 bits per heavy atom. The van der Waals surface area contributed by atoms with Gasteiger partial charge in [0.1, 0.15) is 0 Å². The van der Waals surface area contributed by atoms with E-state index >= 15 is 0 Å². The Labute approximate surface area is 93.1 Å². The molecule has 2 aromatic carbocycles. The van der Waals surface area contributed by atoms with Crippen LogP contribution in [0.5, 0.6) is 0 Å². The summed E-state index contributed by atoms with van der Waals surface area (Å²) in [5.41, 5.74) is 1.43. The van der Waals surface area contributed by atoms with Gasteiger partial charge in [-0.1, -0.05) is 53.5 Å². The summed E-state index contributed by atoms with van der Waals surface area (Å²) in [7, 11) is 0. The van der Waals surface area contributed by atoms with Gasteiger partial charge in [0.15, 0.2) is 0 Å². The minimum atomic E-state index is 1.15. The molecular weight excluding hydrogens is 236 g/mol. The van der Waals surface area contributed by atoms with Crippen molar-refractivity contribution in [3.05, 3.63) is 46.4 Å². The van der Waals surface area contributed by atoms with Crippen molar-refractivity contribution in [3.8, 4) is 0 Å². The van der Waals surface area contributed by atoms with Crippen molar-refractivity contribution in [1.82, 2.24) is 0 Å². The van der Waals surface area contributed by atoms with Gasteiger partial charge in [0.05, 0.1) is 0 Å². The van der Waals surface area contributed by atoms with Crippen LogP contribution in [-0.4, -0.2) is 0 Å². The Kier molecular flexibility index (Phi) is 2.87. The summed E-state index contributed by atoms with van der Waals surface area (Å²) in [6, 6.07) is 13.1. The highest BCUT2D eigenvalue weighted by Crippen LogP contribution is 2.21. The number of hydrogen-bond donors (Lipinski definition) is 0. The van der Waals surface area contributed by atoms with Gasteiger partial charge in [0.25, 0.3) is 0 Å². The molecule has 0 spiro atoms. The van der Waals surface area contributed by atoms with Gasteiger partial charge in [0.2, 0.25) is 0 Å². The first-order chi connectivity index (χ1) is 6.79. The average molecular weight is 249 g/mol. The van der Waals surface area contributed by atoms with Crippen molar-refractivity contribution in [2.75, 3.05) is 0 Å². The molecule has 0 saturated carbocycles. The van der Waals surface area contributed by atoms with Gasteiger partial charge >= 0.3 is 0 Å². The van der Waals surface area contributed by atoms with E-state index in [1.54, 1.807) is 0 Å². The Morgan fingerprint density at radius 1 is 1.00 bits per heavy atom. The monoisotopic (exact) mass is 248 g/mol. The highest BCUT2D eigenvalue weighted by molar-refractivity contribution is 9.10. The third kappa shape index (κ3) is 1.98. The summed E-state index contributed by atoms with van der Waals surface area (Å²) >= 11 is 3.48. The predicted molar refractivity (Wildman–Crippen MR) is 65.6 cm³/mol. The fourth-order valence-corrected chi connectivity index (χ4v) is 2.09. The first-order valence-corrected chi connectivity index (χ1v) is 5.77. The van der Waals surface area contributed by atoms with Gasteiger partial charge in [-0.2, -0.15) is 0 Å². The van der Waals surface area contributed by atoms with Crippen LogP contribution < -0.4 is 0 Å². The van der Waals surface area contributed by atoms with Crippen LogP contribution in [0.15, 0.2) is 40.9 Å². The van der Waals surface area contributed by atoms with Crippen molar-refractivity contribution < 1.29 is 0 Å². The number of aryl methyl sites for hydroxylation is 1. The van der Waals surface area contributed by atoms with Crippen LogP contribution in [0.3, 0.4) is 0 Å². The molecule has 0 bridgehead atoms. The first kappa shape index (κ1) is 9.72. The third-order valence-electron chi connectivity index (χ3n) is 2.41. The average Bonchev–Trinajstić information content (AvgIpc) is 2.19. The molecule has 0 aliphatic heterocycles. The summed E-state index contributed by atoms with van der Waals surface area (Å²) in [5.74, 6) is 0. The molecule has 0 aliphatic carbocycles. The van der Waals surface area contributed by atoms with E-state index in [1.165, 1.54) is 29.2 Å². The minimum absolute atomic E-state index is 1.15. The maximum Gasteiger partial charge on any atom is 0.0181 e. The second kappa shape index (κ2) is 4.14. The van der Waals surface area contributed by atoms with Crippen LogP contribution in [0.4, 0.5) is 0 Å². The van der Waals surface area contributed by atoms with E-state index in [4.69, 9.17) is 0 Å². The van der Waals surface area contributed by atoms with E-state index in [2.05, 4.69) is 59.3 Å². The maximum absolute atomic E-state index is 3.48.